The highest BCUT2D eigenvalue weighted by molar-refractivity contribution is 7.12. The summed E-state index contributed by atoms with van der Waals surface area (Å²) in [5.74, 6) is 0.496. The SMILES string of the molecule is O=C(c1cccs1)N1CCC2(Cl)CCCCC2C1c1ccccc1. The molecule has 24 heavy (non-hydrogen) atoms. The van der Waals surface area contributed by atoms with E-state index in [1.54, 1.807) is 0 Å². The van der Waals surface area contributed by atoms with Gasteiger partial charge >= 0.3 is 0 Å². The molecule has 126 valence electrons. The lowest BCUT2D eigenvalue weighted by Gasteiger charge is -2.52. The molecule has 1 aliphatic carbocycles. The van der Waals surface area contributed by atoms with Crippen LogP contribution in [-0.4, -0.2) is 22.2 Å². The van der Waals surface area contributed by atoms with Crippen molar-refractivity contribution >= 4 is 28.8 Å². The van der Waals surface area contributed by atoms with E-state index in [1.807, 2.05) is 23.6 Å². The third-order valence-electron chi connectivity index (χ3n) is 5.64. The molecular weight excluding hydrogens is 338 g/mol. The largest absolute Gasteiger partial charge is 0.330 e. The zero-order valence-corrected chi connectivity index (χ0v) is 15.2. The number of amides is 1. The number of benzene rings is 1. The van der Waals surface area contributed by atoms with Crippen LogP contribution < -0.4 is 0 Å². The van der Waals surface area contributed by atoms with Gasteiger partial charge in [0, 0.05) is 12.5 Å². The number of carbonyl (C=O) groups excluding carboxylic acids is 1. The zero-order chi connectivity index (χ0) is 16.6. The minimum atomic E-state index is -0.148. The second kappa shape index (κ2) is 6.53. The van der Waals surface area contributed by atoms with Crippen LogP contribution in [0.4, 0.5) is 0 Å². The first kappa shape index (κ1) is 16.2. The van der Waals surface area contributed by atoms with Crippen LogP contribution in [0.1, 0.15) is 53.4 Å². The lowest BCUT2D eigenvalue weighted by Crippen LogP contribution is -2.53. The number of fused-ring (bicyclic) bond motifs is 1. The first-order chi connectivity index (χ1) is 11.7. The molecule has 1 saturated carbocycles. The van der Waals surface area contributed by atoms with Crippen LogP contribution >= 0.6 is 22.9 Å². The average Bonchev–Trinajstić information content (AvgIpc) is 3.15. The summed E-state index contributed by atoms with van der Waals surface area (Å²) in [6.45, 7) is 0.746. The molecule has 0 bridgehead atoms. The molecule has 2 aliphatic rings. The number of hydrogen-bond donors (Lipinski definition) is 0. The highest BCUT2D eigenvalue weighted by Crippen LogP contribution is 2.52. The summed E-state index contributed by atoms with van der Waals surface area (Å²) in [4.78, 5) is 15.9. The van der Waals surface area contributed by atoms with Gasteiger partial charge in [-0.15, -0.1) is 22.9 Å². The van der Waals surface area contributed by atoms with Crippen LogP contribution in [0.3, 0.4) is 0 Å². The molecule has 1 saturated heterocycles. The predicted molar refractivity (Wildman–Crippen MR) is 99.7 cm³/mol. The van der Waals surface area contributed by atoms with Crippen molar-refractivity contribution in [2.45, 2.75) is 43.0 Å². The van der Waals surface area contributed by atoms with Crippen molar-refractivity contribution in [3.8, 4) is 0 Å². The fourth-order valence-electron chi connectivity index (χ4n) is 4.47. The van der Waals surface area contributed by atoms with Gasteiger partial charge in [0.1, 0.15) is 0 Å². The maximum Gasteiger partial charge on any atom is 0.264 e. The first-order valence-electron chi connectivity index (χ1n) is 8.77. The Hall–Kier alpha value is -1.32. The average molecular weight is 360 g/mol. The zero-order valence-electron chi connectivity index (χ0n) is 13.7. The summed E-state index contributed by atoms with van der Waals surface area (Å²) in [6, 6.07) is 14.4. The summed E-state index contributed by atoms with van der Waals surface area (Å²) in [6.07, 6.45) is 5.50. The van der Waals surface area contributed by atoms with Crippen molar-refractivity contribution < 1.29 is 4.79 Å². The van der Waals surface area contributed by atoms with Gasteiger partial charge in [-0.25, -0.2) is 0 Å². The molecule has 1 amide bonds. The van der Waals surface area contributed by atoms with E-state index >= 15 is 0 Å². The number of halogens is 1. The number of nitrogens with zero attached hydrogens (tertiary/aromatic N) is 1. The van der Waals surface area contributed by atoms with Gasteiger partial charge in [0.15, 0.2) is 0 Å². The van der Waals surface area contributed by atoms with Crippen LogP contribution in [0.25, 0.3) is 0 Å². The number of rotatable bonds is 2. The molecule has 3 unspecified atom stereocenters. The van der Waals surface area contributed by atoms with E-state index in [0.29, 0.717) is 5.92 Å². The van der Waals surface area contributed by atoms with Crippen LogP contribution in [0.5, 0.6) is 0 Å². The van der Waals surface area contributed by atoms with Crippen LogP contribution in [0, 0.1) is 5.92 Å². The normalized spacial score (nSPS) is 30.0. The molecular formula is C20H22ClNOS. The van der Waals surface area contributed by atoms with Gasteiger partial charge < -0.3 is 4.90 Å². The van der Waals surface area contributed by atoms with E-state index in [9.17, 15) is 4.79 Å². The molecule has 2 fully saturated rings. The van der Waals surface area contributed by atoms with E-state index in [1.165, 1.54) is 29.7 Å². The van der Waals surface area contributed by atoms with E-state index in [2.05, 4.69) is 29.2 Å². The van der Waals surface area contributed by atoms with Gasteiger partial charge in [-0.1, -0.05) is 49.2 Å². The maximum atomic E-state index is 13.1. The van der Waals surface area contributed by atoms with Crippen molar-refractivity contribution in [1.82, 2.24) is 4.90 Å². The molecule has 1 aromatic carbocycles. The number of likely N-dealkylation sites (tertiary alicyclic amines) is 1. The first-order valence-corrected chi connectivity index (χ1v) is 10.0. The summed E-state index contributed by atoms with van der Waals surface area (Å²) in [5, 5.41) is 1.97. The van der Waals surface area contributed by atoms with E-state index < -0.39 is 0 Å². The van der Waals surface area contributed by atoms with Gasteiger partial charge in [0.2, 0.25) is 0 Å². The molecule has 4 heteroatoms. The van der Waals surface area contributed by atoms with Gasteiger partial charge in [-0.2, -0.15) is 0 Å². The Morgan fingerprint density at radius 2 is 1.96 bits per heavy atom. The van der Waals surface area contributed by atoms with Crippen LogP contribution in [0.15, 0.2) is 47.8 Å². The summed E-state index contributed by atoms with van der Waals surface area (Å²) >= 11 is 8.61. The standard InChI is InChI=1S/C20H22ClNOS/c21-20-11-5-4-9-16(20)18(15-7-2-1-3-8-15)22(13-12-20)19(23)17-10-6-14-24-17/h1-3,6-8,10,14,16,18H,4-5,9,11-13H2. The third kappa shape index (κ3) is 2.78. The summed E-state index contributed by atoms with van der Waals surface area (Å²) in [5.41, 5.74) is 1.22. The second-order valence-corrected chi connectivity index (χ2v) is 8.67. The maximum absolute atomic E-state index is 13.1. The van der Waals surface area contributed by atoms with Gasteiger partial charge in [0.25, 0.3) is 5.91 Å². The lowest BCUT2D eigenvalue weighted by atomic mass is 9.68. The predicted octanol–water partition coefficient (Wildman–Crippen LogP) is 5.50. The number of alkyl halides is 1. The molecule has 2 heterocycles. The Bertz CT molecular complexity index is 702. The monoisotopic (exact) mass is 359 g/mol. The molecule has 0 N–H and O–H groups in total. The Morgan fingerprint density at radius 3 is 2.71 bits per heavy atom. The summed E-state index contributed by atoms with van der Waals surface area (Å²) in [7, 11) is 0. The second-order valence-electron chi connectivity index (χ2n) is 6.97. The number of piperidine rings is 1. The van der Waals surface area contributed by atoms with E-state index in [0.717, 1.165) is 30.7 Å². The van der Waals surface area contributed by atoms with Crippen molar-refractivity contribution in [2.75, 3.05) is 6.54 Å². The lowest BCUT2D eigenvalue weighted by molar-refractivity contribution is 0.0283. The minimum Gasteiger partial charge on any atom is -0.330 e. The smallest absolute Gasteiger partial charge is 0.264 e. The number of carbonyl (C=O) groups is 1. The third-order valence-corrected chi connectivity index (χ3v) is 7.16. The molecule has 1 aromatic heterocycles. The minimum absolute atomic E-state index is 0.0901. The highest BCUT2D eigenvalue weighted by Gasteiger charge is 2.50. The topological polar surface area (TPSA) is 20.3 Å². The Balaban J connectivity index is 1.74. The molecule has 2 nitrogen and oxygen atoms in total. The molecule has 3 atom stereocenters. The van der Waals surface area contributed by atoms with E-state index in [4.69, 9.17) is 11.6 Å². The number of thiophene rings is 1. The molecule has 0 radical (unpaired) electrons. The Morgan fingerprint density at radius 1 is 1.12 bits per heavy atom. The van der Waals surface area contributed by atoms with Crippen molar-refractivity contribution in [2.24, 2.45) is 5.92 Å². The van der Waals surface area contributed by atoms with Crippen molar-refractivity contribution in [1.29, 1.82) is 0 Å². The van der Waals surface area contributed by atoms with Gasteiger partial charge in [-0.3, -0.25) is 4.79 Å². The fourth-order valence-corrected chi connectivity index (χ4v) is 5.60. The Kier molecular flexibility index (Phi) is 4.40. The highest BCUT2D eigenvalue weighted by atomic mass is 35.5. The van der Waals surface area contributed by atoms with Gasteiger partial charge in [0.05, 0.1) is 15.8 Å². The van der Waals surface area contributed by atoms with Crippen molar-refractivity contribution in [3.05, 3.63) is 58.3 Å². The van der Waals surface area contributed by atoms with Crippen LogP contribution in [-0.2, 0) is 0 Å². The summed E-state index contributed by atoms with van der Waals surface area (Å²) < 4.78 is 0. The van der Waals surface area contributed by atoms with E-state index in [-0.39, 0.29) is 16.8 Å². The fraction of sp³-hybridized carbons (Fsp3) is 0.450. The molecule has 0 spiro atoms. The number of hydrogen-bond acceptors (Lipinski definition) is 2. The van der Waals surface area contributed by atoms with Crippen molar-refractivity contribution in [3.63, 3.8) is 0 Å². The quantitative estimate of drug-likeness (QED) is 0.648. The molecule has 4 rings (SSSR count). The van der Waals surface area contributed by atoms with Gasteiger partial charge in [-0.05, 0) is 36.3 Å². The molecule has 2 aromatic rings. The van der Waals surface area contributed by atoms with Crippen LogP contribution in [0.2, 0.25) is 0 Å². The molecule has 1 aliphatic heterocycles. The Labute approximate surface area is 152 Å².